The first-order valence-electron chi connectivity index (χ1n) is 7.16. The molecule has 2 nitrogen and oxygen atoms in total. The van der Waals surface area contributed by atoms with Crippen LogP contribution in [0.15, 0.2) is 36.4 Å². The minimum absolute atomic E-state index is 0. The smallest absolute Gasteiger partial charge is 0.123 e. The maximum Gasteiger partial charge on any atom is 0.123 e. The predicted molar refractivity (Wildman–Crippen MR) is 102 cm³/mol. The molecule has 0 aliphatic heterocycles. The highest BCUT2D eigenvalue weighted by Gasteiger charge is 2.05. The molecule has 2 aromatic carbocycles. The summed E-state index contributed by atoms with van der Waals surface area (Å²) in [7, 11) is 0. The highest BCUT2D eigenvalue weighted by molar-refractivity contribution is 6.35. The van der Waals surface area contributed by atoms with Crippen LogP contribution in [0, 0.1) is 0 Å². The fourth-order valence-corrected chi connectivity index (χ4v) is 2.85. The second-order valence-corrected chi connectivity index (χ2v) is 6.13. The Balaban J connectivity index is 0.00000264. The van der Waals surface area contributed by atoms with Crippen molar-refractivity contribution in [3.8, 4) is 5.75 Å². The molecule has 6 heteroatoms. The molecule has 0 spiro atoms. The van der Waals surface area contributed by atoms with E-state index in [9.17, 15) is 0 Å². The number of halogens is 4. The molecule has 2 aromatic rings. The molecule has 0 saturated heterocycles. The highest BCUT2D eigenvalue weighted by atomic mass is 35.5. The minimum Gasteiger partial charge on any atom is -0.494 e. The molecule has 0 heterocycles. The van der Waals surface area contributed by atoms with Crippen molar-refractivity contribution in [3.05, 3.63) is 62.6 Å². The Labute approximate surface area is 158 Å². The minimum atomic E-state index is 0. The summed E-state index contributed by atoms with van der Waals surface area (Å²) < 4.78 is 5.61. The Bertz CT molecular complexity index is 634. The van der Waals surface area contributed by atoms with Gasteiger partial charge in [-0.2, -0.15) is 0 Å². The number of rotatable bonds is 7. The molecule has 0 fully saturated rings. The van der Waals surface area contributed by atoms with Crippen molar-refractivity contribution in [2.45, 2.75) is 19.9 Å². The van der Waals surface area contributed by atoms with Crippen molar-refractivity contribution < 1.29 is 4.74 Å². The van der Waals surface area contributed by atoms with Crippen molar-refractivity contribution in [2.24, 2.45) is 0 Å². The van der Waals surface area contributed by atoms with Crippen LogP contribution in [0.25, 0.3) is 0 Å². The maximum absolute atomic E-state index is 6.16. The zero-order valence-electron chi connectivity index (χ0n) is 12.7. The lowest BCUT2D eigenvalue weighted by Gasteiger charge is -2.12. The van der Waals surface area contributed by atoms with Crippen LogP contribution in [0.1, 0.15) is 18.1 Å². The average molecular weight is 395 g/mol. The third-order valence-electron chi connectivity index (χ3n) is 3.22. The topological polar surface area (TPSA) is 21.3 Å². The quantitative estimate of drug-likeness (QED) is 0.599. The number of hydrogen-bond acceptors (Lipinski definition) is 2. The van der Waals surface area contributed by atoms with Gasteiger partial charge in [0.2, 0.25) is 0 Å². The standard InChI is InChI=1S/C17H18Cl3NO.ClH/c1-2-22-17-6-5-14(18)9-13(17)11-21-8-7-12-3-4-15(19)10-16(12)20;/h3-6,9-10,21H,2,7-8,11H2,1H3;1H. The van der Waals surface area contributed by atoms with Gasteiger partial charge in [0.05, 0.1) is 6.61 Å². The van der Waals surface area contributed by atoms with Crippen LogP contribution in [0.4, 0.5) is 0 Å². The van der Waals surface area contributed by atoms with E-state index >= 15 is 0 Å². The summed E-state index contributed by atoms with van der Waals surface area (Å²) in [5, 5.41) is 5.45. The van der Waals surface area contributed by atoms with Gasteiger partial charge in [-0.05, 0) is 55.8 Å². The molecule has 23 heavy (non-hydrogen) atoms. The lowest BCUT2D eigenvalue weighted by Crippen LogP contribution is -2.17. The molecule has 0 amide bonds. The van der Waals surface area contributed by atoms with Crippen LogP contribution in [-0.4, -0.2) is 13.2 Å². The summed E-state index contributed by atoms with van der Waals surface area (Å²) in [5.41, 5.74) is 2.13. The van der Waals surface area contributed by atoms with Crippen LogP contribution in [-0.2, 0) is 13.0 Å². The molecule has 0 atom stereocenters. The van der Waals surface area contributed by atoms with Gasteiger partial charge < -0.3 is 10.1 Å². The Hall–Kier alpha value is -0.640. The molecule has 0 aromatic heterocycles. The van der Waals surface area contributed by atoms with Gasteiger partial charge in [0.15, 0.2) is 0 Å². The van der Waals surface area contributed by atoms with E-state index in [0.29, 0.717) is 28.2 Å². The van der Waals surface area contributed by atoms with Crippen LogP contribution in [0.3, 0.4) is 0 Å². The van der Waals surface area contributed by atoms with Crippen LogP contribution in [0.2, 0.25) is 15.1 Å². The van der Waals surface area contributed by atoms with Crippen LogP contribution < -0.4 is 10.1 Å². The third-order valence-corrected chi connectivity index (χ3v) is 4.05. The summed E-state index contributed by atoms with van der Waals surface area (Å²) in [6.45, 7) is 4.10. The van der Waals surface area contributed by atoms with Gasteiger partial charge in [-0.25, -0.2) is 0 Å². The van der Waals surface area contributed by atoms with Gasteiger partial charge in [0.25, 0.3) is 0 Å². The van der Waals surface area contributed by atoms with E-state index in [1.165, 1.54) is 0 Å². The Morgan fingerprint density at radius 3 is 2.35 bits per heavy atom. The molecule has 0 aliphatic carbocycles. The van der Waals surface area contributed by atoms with E-state index in [4.69, 9.17) is 39.5 Å². The first-order chi connectivity index (χ1) is 10.6. The summed E-state index contributed by atoms with van der Waals surface area (Å²) >= 11 is 18.1. The summed E-state index contributed by atoms with van der Waals surface area (Å²) in [6, 6.07) is 11.2. The number of hydrogen-bond donors (Lipinski definition) is 1. The number of ether oxygens (including phenoxy) is 1. The van der Waals surface area contributed by atoms with Gasteiger partial charge in [-0.1, -0.05) is 40.9 Å². The van der Waals surface area contributed by atoms with Gasteiger partial charge in [-0.15, -0.1) is 12.4 Å². The van der Waals surface area contributed by atoms with Crippen LogP contribution in [0.5, 0.6) is 5.75 Å². The molecule has 0 bridgehead atoms. The Morgan fingerprint density at radius 2 is 1.65 bits per heavy atom. The normalized spacial score (nSPS) is 10.3. The van der Waals surface area contributed by atoms with E-state index in [1.54, 1.807) is 6.07 Å². The zero-order chi connectivity index (χ0) is 15.9. The predicted octanol–water partition coefficient (Wildman–Crippen LogP) is 5.80. The molecular weight excluding hydrogens is 376 g/mol. The fourth-order valence-electron chi connectivity index (χ4n) is 2.15. The zero-order valence-corrected chi connectivity index (χ0v) is 15.8. The lowest BCUT2D eigenvalue weighted by molar-refractivity contribution is 0.335. The van der Waals surface area contributed by atoms with Gasteiger partial charge in [-0.3, -0.25) is 0 Å². The molecule has 2 rings (SSSR count). The molecule has 1 N–H and O–H groups in total. The maximum atomic E-state index is 6.16. The number of benzene rings is 2. The Morgan fingerprint density at radius 1 is 0.957 bits per heavy atom. The first-order valence-corrected chi connectivity index (χ1v) is 8.29. The van der Waals surface area contributed by atoms with Crippen LogP contribution >= 0.6 is 47.2 Å². The van der Waals surface area contributed by atoms with Crippen molar-refractivity contribution in [1.29, 1.82) is 0 Å². The summed E-state index contributed by atoms with van der Waals surface area (Å²) in [5.74, 6) is 0.865. The average Bonchev–Trinajstić information content (AvgIpc) is 2.48. The Kier molecular flexibility index (Phi) is 9.11. The van der Waals surface area contributed by atoms with Crippen molar-refractivity contribution in [3.63, 3.8) is 0 Å². The second kappa shape index (κ2) is 10.3. The summed E-state index contributed by atoms with van der Waals surface area (Å²) in [6.07, 6.45) is 0.834. The largest absolute Gasteiger partial charge is 0.494 e. The van der Waals surface area contributed by atoms with E-state index in [-0.39, 0.29) is 12.4 Å². The first kappa shape index (κ1) is 20.4. The lowest BCUT2D eigenvalue weighted by atomic mass is 10.1. The second-order valence-electron chi connectivity index (χ2n) is 4.85. The van der Waals surface area contributed by atoms with Gasteiger partial charge in [0.1, 0.15) is 5.75 Å². The SMILES string of the molecule is CCOc1ccc(Cl)cc1CNCCc1ccc(Cl)cc1Cl.Cl. The van der Waals surface area contributed by atoms with E-state index < -0.39 is 0 Å². The fraction of sp³-hybridized carbons (Fsp3) is 0.294. The number of nitrogens with one attached hydrogen (secondary N) is 1. The van der Waals surface area contributed by atoms with E-state index in [2.05, 4.69) is 5.32 Å². The summed E-state index contributed by atoms with van der Waals surface area (Å²) in [4.78, 5) is 0. The highest BCUT2D eigenvalue weighted by Crippen LogP contribution is 2.23. The van der Waals surface area contributed by atoms with E-state index in [0.717, 1.165) is 29.8 Å². The third kappa shape index (κ3) is 6.40. The van der Waals surface area contributed by atoms with E-state index in [1.807, 2.05) is 37.3 Å². The van der Waals surface area contributed by atoms with Crippen molar-refractivity contribution in [2.75, 3.05) is 13.2 Å². The van der Waals surface area contributed by atoms with Gasteiger partial charge in [0, 0.05) is 27.2 Å². The molecule has 126 valence electrons. The molecule has 0 unspecified atom stereocenters. The van der Waals surface area contributed by atoms with Gasteiger partial charge >= 0.3 is 0 Å². The molecule has 0 aliphatic rings. The van der Waals surface area contributed by atoms with Crippen molar-refractivity contribution in [1.82, 2.24) is 5.32 Å². The molecule has 0 saturated carbocycles. The monoisotopic (exact) mass is 393 g/mol. The van der Waals surface area contributed by atoms with Crippen molar-refractivity contribution >= 4 is 47.2 Å². The molecular formula is C17H19Cl4NO. The molecule has 0 radical (unpaired) electrons.